The standard InChI is InChI=1S/C16H26N2O4/c1-11(18-15(20)22-16(2,3)4)9-17-10-12-6-7-13(21-5)8-14(12)19/h6-8,11,17,19H,9-10H2,1-5H3,(H,18,20). The zero-order valence-corrected chi connectivity index (χ0v) is 13.9. The van der Waals surface area contributed by atoms with Crippen LogP contribution in [0.5, 0.6) is 11.5 Å². The van der Waals surface area contributed by atoms with Gasteiger partial charge in [0, 0.05) is 30.8 Å². The number of hydrogen-bond acceptors (Lipinski definition) is 5. The molecule has 1 aromatic carbocycles. The van der Waals surface area contributed by atoms with Crippen molar-refractivity contribution in [3.8, 4) is 11.5 Å². The van der Waals surface area contributed by atoms with Crippen molar-refractivity contribution in [3.63, 3.8) is 0 Å². The van der Waals surface area contributed by atoms with Crippen molar-refractivity contribution < 1.29 is 19.4 Å². The number of nitrogens with one attached hydrogen (secondary N) is 2. The Labute approximate surface area is 131 Å². The third kappa shape index (κ3) is 6.67. The number of aromatic hydroxyl groups is 1. The molecule has 0 aliphatic carbocycles. The number of ether oxygens (including phenoxy) is 2. The first-order valence-corrected chi connectivity index (χ1v) is 7.27. The second kappa shape index (κ2) is 7.89. The third-order valence-electron chi connectivity index (χ3n) is 2.82. The fourth-order valence-corrected chi connectivity index (χ4v) is 1.80. The molecule has 124 valence electrons. The van der Waals surface area contributed by atoms with Crippen molar-refractivity contribution in [2.45, 2.75) is 45.9 Å². The molecule has 0 bridgehead atoms. The van der Waals surface area contributed by atoms with Crippen LogP contribution in [-0.2, 0) is 11.3 Å². The smallest absolute Gasteiger partial charge is 0.407 e. The molecule has 6 heteroatoms. The number of rotatable bonds is 6. The summed E-state index contributed by atoms with van der Waals surface area (Å²) in [5.74, 6) is 0.792. The molecule has 0 saturated heterocycles. The Hall–Kier alpha value is -1.95. The van der Waals surface area contributed by atoms with Crippen LogP contribution < -0.4 is 15.4 Å². The van der Waals surface area contributed by atoms with E-state index in [1.54, 1.807) is 25.3 Å². The number of phenols is 1. The van der Waals surface area contributed by atoms with Gasteiger partial charge in [0.1, 0.15) is 17.1 Å². The fourth-order valence-electron chi connectivity index (χ4n) is 1.80. The van der Waals surface area contributed by atoms with Crippen LogP contribution in [0, 0.1) is 0 Å². The van der Waals surface area contributed by atoms with Crippen LogP contribution in [0.15, 0.2) is 18.2 Å². The first kappa shape index (κ1) is 18.1. The molecule has 3 N–H and O–H groups in total. The van der Waals surface area contributed by atoms with E-state index < -0.39 is 11.7 Å². The second-order valence-electron chi connectivity index (χ2n) is 6.17. The van der Waals surface area contributed by atoms with E-state index in [9.17, 15) is 9.90 Å². The molecule has 6 nitrogen and oxygen atoms in total. The summed E-state index contributed by atoms with van der Waals surface area (Å²) in [6, 6.07) is 5.07. The first-order valence-electron chi connectivity index (χ1n) is 7.27. The van der Waals surface area contributed by atoms with Gasteiger partial charge in [-0.25, -0.2) is 4.79 Å². The zero-order valence-electron chi connectivity index (χ0n) is 13.9. The van der Waals surface area contributed by atoms with E-state index in [-0.39, 0.29) is 11.8 Å². The molecule has 1 amide bonds. The first-order chi connectivity index (χ1) is 10.2. The van der Waals surface area contributed by atoms with Crippen molar-refractivity contribution in [1.82, 2.24) is 10.6 Å². The number of methoxy groups -OCH3 is 1. The highest BCUT2D eigenvalue weighted by atomic mass is 16.6. The van der Waals surface area contributed by atoms with Gasteiger partial charge < -0.3 is 25.2 Å². The molecule has 0 spiro atoms. The molecular weight excluding hydrogens is 284 g/mol. The highest BCUT2D eigenvalue weighted by Gasteiger charge is 2.17. The van der Waals surface area contributed by atoms with Crippen molar-refractivity contribution in [3.05, 3.63) is 23.8 Å². The van der Waals surface area contributed by atoms with E-state index in [1.807, 2.05) is 27.7 Å². The van der Waals surface area contributed by atoms with Crippen molar-refractivity contribution in [2.24, 2.45) is 0 Å². The van der Waals surface area contributed by atoms with E-state index >= 15 is 0 Å². The molecule has 1 aromatic rings. The molecule has 0 saturated carbocycles. The Morgan fingerprint density at radius 3 is 2.59 bits per heavy atom. The summed E-state index contributed by atoms with van der Waals surface area (Å²) in [5, 5.41) is 15.8. The van der Waals surface area contributed by atoms with Crippen molar-refractivity contribution >= 4 is 6.09 Å². The summed E-state index contributed by atoms with van der Waals surface area (Å²) in [7, 11) is 1.55. The molecule has 1 rings (SSSR count). The maximum Gasteiger partial charge on any atom is 0.407 e. The number of benzene rings is 1. The number of carbonyl (C=O) groups excluding carboxylic acids is 1. The Balaban J connectivity index is 2.36. The average Bonchev–Trinajstić information content (AvgIpc) is 2.38. The van der Waals surface area contributed by atoms with Crippen LogP contribution in [0.1, 0.15) is 33.3 Å². The molecule has 0 radical (unpaired) electrons. The topological polar surface area (TPSA) is 79.8 Å². The lowest BCUT2D eigenvalue weighted by atomic mass is 10.2. The lowest BCUT2D eigenvalue weighted by Gasteiger charge is -2.22. The summed E-state index contributed by atoms with van der Waals surface area (Å²) in [4.78, 5) is 11.6. The van der Waals surface area contributed by atoms with Crippen LogP contribution in [0.3, 0.4) is 0 Å². The van der Waals surface area contributed by atoms with Gasteiger partial charge in [-0.3, -0.25) is 0 Å². The van der Waals surface area contributed by atoms with Crippen molar-refractivity contribution in [1.29, 1.82) is 0 Å². The highest BCUT2D eigenvalue weighted by Crippen LogP contribution is 2.22. The van der Waals surface area contributed by atoms with Gasteiger partial charge in [0.25, 0.3) is 0 Å². The van der Waals surface area contributed by atoms with Crippen LogP contribution in [0.2, 0.25) is 0 Å². The predicted molar refractivity (Wildman–Crippen MR) is 85.2 cm³/mol. The lowest BCUT2D eigenvalue weighted by Crippen LogP contribution is -2.42. The molecule has 0 aromatic heterocycles. The quantitative estimate of drug-likeness (QED) is 0.752. The maximum absolute atomic E-state index is 11.6. The summed E-state index contributed by atoms with van der Waals surface area (Å²) in [6.07, 6.45) is -0.436. The summed E-state index contributed by atoms with van der Waals surface area (Å²) in [6.45, 7) is 8.40. The molecule has 0 aliphatic heterocycles. The average molecular weight is 310 g/mol. The minimum atomic E-state index is -0.508. The maximum atomic E-state index is 11.6. The van der Waals surface area contributed by atoms with Gasteiger partial charge in [0.05, 0.1) is 7.11 Å². The highest BCUT2D eigenvalue weighted by molar-refractivity contribution is 5.68. The van der Waals surface area contributed by atoms with Crippen LogP contribution >= 0.6 is 0 Å². The van der Waals surface area contributed by atoms with Gasteiger partial charge in [-0.2, -0.15) is 0 Å². The molecule has 22 heavy (non-hydrogen) atoms. The monoisotopic (exact) mass is 310 g/mol. The second-order valence-corrected chi connectivity index (χ2v) is 6.17. The summed E-state index contributed by atoms with van der Waals surface area (Å²) >= 11 is 0. The third-order valence-corrected chi connectivity index (χ3v) is 2.82. The zero-order chi connectivity index (χ0) is 16.8. The largest absolute Gasteiger partial charge is 0.507 e. The van der Waals surface area contributed by atoms with Crippen LogP contribution in [0.25, 0.3) is 0 Å². The normalized spacial score (nSPS) is 12.6. The number of carbonyl (C=O) groups is 1. The molecule has 0 aliphatic rings. The Bertz CT molecular complexity index is 497. The lowest BCUT2D eigenvalue weighted by molar-refractivity contribution is 0.0508. The Morgan fingerprint density at radius 2 is 2.05 bits per heavy atom. The van der Waals surface area contributed by atoms with Gasteiger partial charge >= 0.3 is 6.09 Å². The summed E-state index contributed by atoms with van der Waals surface area (Å²) in [5.41, 5.74) is 0.261. The Kier molecular flexibility index (Phi) is 6.49. The molecule has 0 heterocycles. The van der Waals surface area contributed by atoms with E-state index in [0.717, 1.165) is 5.56 Å². The number of phenolic OH excluding ortho intramolecular Hbond substituents is 1. The van der Waals surface area contributed by atoms with E-state index in [1.165, 1.54) is 0 Å². The van der Waals surface area contributed by atoms with E-state index in [2.05, 4.69) is 10.6 Å². The molecule has 1 atom stereocenters. The van der Waals surface area contributed by atoms with Gasteiger partial charge in [0.15, 0.2) is 0 Å². The molecular formula is C16H26N2O4. The number of alkyl carbamates (subject to hydrolysis) is 1. The molecule has 1 unspecified atom stereocenters. The van der Waals surface area contributed by atoms with E-state index in [0.29, 0.717) is 18.8 Å². The minimum absolute atomic E-state index is 0.0877. The van der Waals surface area contributed by atoms with Gasteiger partial charge in [0.2, 0.25) is 0 Å². The van der Waals surface area contributed by atoms with Gasteiger partial charge in [-0.1, -0.05) is 6.07 Å². The fraction of sp³-hybridized carbons (Fsp3) is 0.562. The van der Waals surface area contributed by atoms with Gasteiger partial charge in [-0.05, 0) is 33.8 Å². The van der Waals surface area contributed by atoms with Crippen LogP contribution in [-0.4, -0.2) is 36.5 Å². The van der Waals surface area contributed by atoms with Gasteiger partial charge in [-0.15, -0.1) is 0 Å². The Morgan fingerprint density at radius 1 is 1.36 bits per heavy atom. The van der Waals surface area contributed by atoms with Crippen LogP contribution in [0.4, 0.5) is 4.79 Å². The number of amides is 1. The molecule has 0 fully saturated rings. The number of hydrogen-bond donors (Lipinski definition) is 3. The van der Waals surface area contributed by atoms with E-state index in [4.69, 9.17) is 9.47 Å². The SMILES string of the molecule is COc1ccc(CNCC(C)NC(=O)OC(C)(C)C)c(O)c1. The predicted octanol–water partition coefficient (Wildman–Crippen LogP) is 2.40. The summed E-state index contributed by atoms with van der Waals surface area (Å²) < 4.78 is 10.2. The minimum Gasteiger partial charge on any atom is -0.507 e. The van der Waals surface area contributed by atoms with Crippen molar-refractivity contribution in [2.75, 3.05) is 13.7 Å².